The Balaban J connectivity index is 0.00000118. The van der Waals surface area contributed by atoms with Gasteiger partial charge in [-0.15, -0.1) is 0 Å². The van der Waals surface area contributed by atoms with Crippen molar-refractivity contribution in [3.05, 3.63) is 24.6 Å². The summed E-state index contributed by atoms with van der Waals surface area (Å²) in [5.41, 5.74) is 1.51. The maximum absolute atomic E-state index is 11.9. The molecule has 7 nitrogen and oxygen atoms in total. The fraction of sp³-hybridized carbons (Fsp3) is 0.588. The maximum Gasteiger partial charge on any atom is 0.243 e. The molecule has 1 saturated heterocycles. The molecule has 1 aliphatic rings. The van der Waals surface area contributed by atoms with Crippen LogP contribution in [0.4, 0.5) is 0 Å². The number of allylic oxidation sites excluding steroid dienone is 2. The lowest BCUT2D eigenvalue weighted by Gasteiger charge is -2.36. The molecule has 2 N–H and O–H groups in total. The fourth-order valence-corrected chi connectivity index (χ4v) is 1.98. The summed E-state index contributed by atoms with van der Waals surface area (Å²) in [6.45, 7) is 16.1. The third-order valence-corrected chi connectivity index (χ3v) is 3.08. The van der Waals surface area contributed by atoms with Crippen LogP contribution in [0.25, 0.3) is 0 Å². The van der Waals surface area contributed by atoms with Crippen LogP contribution in [-0.4, -0.2) is 59.7 Å². The van der Waals surface area contributed by atoms with Crippen molar-refractivity contribution >= 4 is 18.5 Å². The number of nitrogens with zero attached hydrogens (tertiary/aromatic N) is 3. The van der Waals surface area contributed by atoms with E-state index in [1.165, 1.54) is 5.48 Å². The lowest BCUT2D eigenvalue weighted by Crippen LogP contribution is -2.48. The van der Waals surface area contributed by atoms with Crippen molar-refractivity contribution in [2.75, 3.05) is 26.2 Å². The van der Waals surface area contributed by atoms with E-state index in [0.29, 0.717) is 26.2 Å². The summed E-state index contributed by atoms with van der Waals surface area (Å²) < 4.78 is 0. The molecule has 0 aromatic carbocycles. The molecule has 1 heterocycles. The molecular weight excluding hydrogens is 308 g/mol. The van der Waals surface area contributed by atoms with Gasteiger partial charge in [-0.05, 0) is 18.7 Å². The van der Waals surface area contributed by atoms with Crippen LogP contribution in [0.3, 0.4) is 0 Å². The summed E-state index contributed by atoms with van der Waals surface area (Å²) in [7, 11) is 0. The molecule has 1 aliphatic heterocycles. The first kappa shape index (κ1) is 21.9. The minimum absolute atomic E-state index is 0.00855. The molecule has 0 atom stereocenters. The summed E-state index contributed by atoms with van der Waals surface area (Å²) in [6.07, 6.45) is 3.51. The molecule has 0 aromatic rings. The largest absolute Gasteiger partial charge is 0.353 e. The SMILES string of the molecule is C=C/C=C(\N=C)N1CCN(C(=O)CCC(=O)NO)CC1.CC(C)C. The van der Waals surface area contributed by atoms with Crippen molar-refractivity contribution in [1.29, 1.82) is 0 Å². The van der Waals surface area contributed by atoms with Gasteiger partial charge in [-0.25, -0.2) is 10.5 Å². The zero-order valence-electron chi connectivity index (χ0n) is 15.0. The Morgan fingerprint density at radius 3 is 2.08 bits per heavy atom. The molecule has 0 bridgehead atoms. The Kier molecular flexibility index (Phi) is 11.2. The van der Waals surface area contributed by atoms with Gasteiger partial charge in [0, 0.05) is 39.0 Å². The number of hydrogen-bond donors (Lipinski definition) is 2. The van der Waals surface area contributed by atoms with Gasteiger partial charge in [0.1, 0.15) is 5.82 Å². The molecule has 1 rings (SSSR count). The second-order valence-electron chi connectivity index (χ2n) is 6.05. The number of nitrogens with one attached hydrogen (secondary N) is 1. The number of aliphatic imine (C=N–C) groups is 1. The van der Waals surface area contributed by atoms with Gasteiger partial charge in [0.2, 0.25) is 11.8 Å². The molecule has 1 fully saturated rings. The third-order valence-electron chi connectivity index (χ3n) is 3.08. The zero-order valence-corrected chi connectivity index (χ0v) is 15.0. The number of carbonyl (C=O) groups is 2. The van der Waals surface area contributed by atoms with Gasteiger partial charge in [0.25, 0.3) is 0 Å². The Bertz CT molecular complexity index is 450. The van der Waals surface area contributed by atoms with E-state index in [4.69, 9.17) is 5.21 Å². The molecule has 0 saturated carbocycles. The monoisotopic (exact) mass is 338 g/mol. The predicted octanol–water partition coefficient (Wildman–Crippen LogP) is 1.81. The van der Waals surface area contributed by atoms with Gasteiger partial charge in [-0.1, -0.05) is 33.4 Å². The molecule has 136 valence electrons. The Morgan fingerprint density at radius 2 is 1.67 bits per heavy atom. The number of amides is 2. The van der Waals surface area contributed by atoms with Gasteiger partial charge in [0.15, 0.2) is 0 Å². The average Bonchev–Trinajstić information content (AvgIpc) is 2.56. The fourth-order valence-electron chi connectivity index (χ4n) is 1.98. The number of hydroxylamine groups is 1. The van der Waals surface area contributed by atoms with E-state index >= 15 is 0 Å². The van der Waals surface area contributed by atoms with E-state index in [1.54, 1.807) is 17.1 Å². The summed E-state index contributed by atoms with van der Waals surface area (Å²) in [6, 6.07) is 0. The quantitative estimate of drug-likeness (QED) is 0.335. The highest BCUT2D eigenvalue weighted by molar-refractivity contribution is 5.83. The minimum atomic E-state index is -0.552. The molecule has 0 spiro atoms. The van der Waals surface area contributed by atoms with Gasteiger partial charge in [-0.2, -0.15) is 0 Å². The van der Waals surface area contributed by atoms with Crippen molar-refractivity contribution in [3.63, 3.8) is 0 Å². The smallest absolute Gasteiger partial charge is 0.243 e. The van der Waals surface area contributed by atoms with Crippen LogP contribution >= 0.6 is 0 Å². The lowest BCUT2D eigenvalue weighted by atomic mass is 10.2. The van der Waals surface area contributed by atoms with Crippen LogP contribution in [-0.2, 0) is 9.59 Å². The van der Waals surface area contributed by atoms with Crippen molar-refractivity contribution in [2.45, 2.75) is 33.6 Å². The van der Waals surface area contributed by atoms with E-state index in [-0.39, 0.29) is 18.7 Å². The van der Waals surface area contributed by atoms with Crippen LogP contribution in [0.2, 0.25) is 0 Å². The van der Waals surface area contributed by atoms with Crippen LogP contribution in [0.5, 0.6) is 0 Å². The normalized spacial score (nSPS) is 14.6. The summed E-state index contributed by atoms with van der Waals surface area (Å²) >= 11 is 0. The number of piperazine rings is 1. The minimum Gasteiger partial charge on any atom is -0.353 e. The molecule has 0 unspecified atom stereocenters. The number of rotatable bonds is 6. The van der Waals surface area contributed by atoms with Crippen molar-refractivity contribution in [2.24, 2.45) is 10.9 Å². The molecule has 7 heteroatoms. The molecule has 2 amide bonds. The van der Waals surface area contributed by atoms with E-state index in [9.17, 15) is 9.59 Å². The lowest BCUT2D eigenvalue weighted by molar-refractivity contribution is -0.136. The van der Waals surface area contributed by atoms with E-state index in [0.717, 1.165) is 11.7 Å². The Labute approximate surface area is 144 Å². The molecule has 0 aromatic heterocycles. The second kappa shape index (κ2) is 12.3. The maximum atomic E-state index is 11.9. The highest BCUT2D eigenvalue weighted by Gasteiger charge is 2.22. The van der Waals surface area contributed by atoms with Gasteiger partial charge in [-0.3, -0.25) is 14.8 Å². The Hall–Kier alpha value is -2.15. The second-order valence-corrected chi connectivity index (χ2v) is 6.05. The van der Waals surface area contributed by atoms with E-state index in [1.807, 2.05) is 4.90 Å². The highest BCUT2D eigenvalue weighted by Crippen LogP contribution is 2.11. The van der Waals surface area contributed by atoms with Crippen LogP contribution < -0.4 is 5.48 Å². The predicted molar refractivity (Wildman–Crippen MR) is 95.7 cm³/mol. The van der Waals surface area contributed by atoms with E-state index < -0.39 is 5.91 Å². The van der Waals surface area contributed by atoms with Crippen molar-refractivity contribution < 1.29 is 14.8 Å². The van der Waals surface area contributed by atoms with Gasteiger partial charge >= 0.3 is 0 Å². The third kappa shape index (κ3) is 9.09. The first-order chi connectivity index (χ1) is 11.3. The summed E-state index contributed by atoms with van der Waals surface area (Å²) in [4.78, 5) is 30.4. The average molecular weight is 338 g/mol. The van der Waals surface area contributed by atoms with Gasteiger partial charge in [0.05, 0.1) is 0 Å². The topological polar surface area (TPSA) is 85.2 Å². The Morgan fingerprint density at radius 1 is 1.17 bits per heavy atom. The number of carbonyl (C=O) groups excluding carboxylic acids is 2. The van der Waals surface area contributed by atoms with Crippen molar-refractivity contribution in [1.82, 2.24) is 15.3 Å². The molecule has 0 aliphatic carbocycles. The summed E-state index contributed by atoms with van der Waals surface area (Å²) in [5.74, 6) is 0.935. The number of hydrogen-bond acceptors (Lipinski definition) is 5. The van der Waals surface area contributed by atoms with Crippen LogP contribution in [0, 0.1) is 5.92 Å². The molecular formula is C17H30N4O3. The van der Waals surface area contributed by atoms with Crippen LogP contribution in [0.15, 0.2) is 29.5 Å². The van der Waals surface area contributed by atoms with Gasteiger partial charge < -0.3 is 9.80 Å². The standard InChI is InChI=1S/C13H20N4O3.C4H10/c1-3-4-11(14-2)16-7-9-17(10-8-16)13(19)6-5-12(18)15-20;1-4(2)3/h3-4,20H,1-2,5-10H2,(H,15,18);4H,1-3H3/b11-4+;. The summed E-state index contributed by atoms with van der Waals surface area (Å²) in [5, 5.41) is 8.37. The van der Waals surface area contributed by atoms with Crippen molar-refractivity contribution in [3.8, 4) is 0 Å². The first-order valence-electron chi connectivity index (χ1n) is 8.10. The zero-order chi connectivity index (χ0) is 18.5. The first-order valence-corrected chi connectivity index (χ1v) is 8.10. The molecule has 24 heavy (non-hydrogen) atoms. The van der Waals surface area contributed by atoms with Crippen LogP contribution in [0.1, 0.15) is 33.6 Å². The highest BCUT2D eigenvalue weighted by atomic mass is 16.5. The van der Waals surface area contributed by atoms with E-state index in [2.05, 4.69) is 39.1 Å². The molecule has 0 radical (unpaired) electrons.